The Balaban J connectivity index is 2.23. The molecule has 0 aliphatic rings. The Hall–Kier alpha value is -2.26. The van der Waals surface area contributed by atoms with Crippen molar-refractivity contribution in [3.8, 4) is 0 Å². The number of carbonyl (C=O) groups excluding carboxylic acids is 1. The van der Waals surface area contributed by atoms with Crippen molar-refractivity contribution in [1.82, 2.24) is 5.32 Å². The van der Waals surface area contributed by atoms with Crippen LogP contribution < -0.4 is 9.62 Å². The smallest absolute Gasteiger partial charge is 0.350 e. The van der Waals surface area contributed by atoms with E-state index in [4.69, 9.17) is 11.6 Å². The number of amides is 1. The third kappa shape index (κ3) is 6.11. The highest BCUT2D eigenvalue weighted by Gasteiger charge is 2.32. The number of sulfonamides is 1. The first-order valence-electron chi connectivity index (χ1n) is 8.62. The van der Waals surface area contributed by atoms with Crippen molar-refractivity contribution >= 4 is 33.2 Å². The highest BCUT2D eigenvalue weighted by Crippen LogP contribution is 2.29. The number of carbonyl (C=O) groups is 1. The minimum atomic E-state index is -4.49. The summed E-state index contributed by atoms with van der Waals surface area (Å²) in [7, 11) is -3.82. The molecule has 0 radical (unpaired) electrons. The van der Waals surface area contributed by atoms with Gasteiger partial charge in [0.2, 0.25) is 15.9 Å². The van der Waals surface area contributed by atoms with Crippen molar-refractivity contribution in [2.24, 2.45) is 0 Å². The molecule has 2 rings (SSSR count). The molecule has 5 nitrogen and oxygen atoms in total. The highest BCUT2D eigenvalue weighted by atomic mass is 35.5. The zero-order valence-electron chi connectivity index (χ0n) is 15.7. The van der Waals surface area contributed by atoms with Crippen LogP contribution in [0.25, 0.3) is 0 Å². The van der Waals surface area contributed by atoms with Crippen LogP contribution in [-0.4, -0.2) is 26.6 Å². The number of alkyl halides is 3. The van der Waals surface area contributed by atoms with Gasteiger partial charge in [-0.1, -0.05) is 30.7 Å². The lowest BCUT2D eigenvalue weighted by Gasteiger charge is -2.30. The number of hydrogen-bond acceptors (Lipinski definition) is 3. The molecule has 0 saturated heterocycles. The predicted molar refractivity (Wildman–Crippen MR) is 106 cm³/mol. The van der Waals surface area contributed by atoms with E-state index in [2.05, 4.69) is 5.32 Å². The lowest BCUT2D eigenvalue weighted by atomic mass is 10.1. The summed E-state index contributed by atoms with van der Waals surface area (Å²) in [5.41, 5.74) is -0.311. The molecule has 0 bridgehead atoms. The summed E-state index contributed by atoms with van der Waals surface area (Å²) in [5.74, 6) is -0.620. The Labute approximate surface area is 172 Å². The summed E-state index contributed by atoms with van der Waals surface area (Å²) < 4.78 is 64.2. The number of hydrogen-bond donors (Lipinski definition) is 1. The SMILES string of the molecule is CC[C@@H](C(=O)NCc1cccc(C(F)(F)F)c1)N(c1ccc(Cl)cc1)S(C)(=O)=O. The van der Waals surface area contributed by atoms with E-state index in [-0.39, 0.29) is 24.2 Å². The van der Waals surface area contributed by atoms with Crippen LogP contribution in [-0.2, 0) is 27.5 Å². The lowest BCUT2D eigenvalue weighted by Crippen LogP contribution is -2.49. The first-order valence-corrected chi connectivity index (χ1v) is 10.8. The zero-order chi connectivity index (χ0) is 21.8. The van der Waals surface area contributed by atoms with Gasteiger partial charge in [-0.3, -0.25) is 9.10 Å². The molecule has 1 N–H and O–H groups in total. The fourth-order valence-corrected chi connectivity index (χ4v) is 4.15. The minimum Gasteiger partial charge on any atom is -0.350 e. The number of nitrogens with one attached hydrogen (secondary N) is 1. The normalized spacial score (nSPS) is 13.0. The molecule has 29 heavy (non-hydrogen) atoms. The van der Waals surface area contributed by atoms with E-state index in [1.165, 1.54) is 36.4 Å². The quantitative estimate of drug-likeness (QED) is 0.689. The molecule has 10 heteroatoms. The van der Waals surface area contributed by atoms with Gasteiger partial charge in [0.05, 0.1) is 17.5 Å². The molecule has 1 atom stereocenters. The number of halogens is 4. The van der Waals surface area contributed by atoms with E-state index in [0.29, 0.717) is 5.02 Å². The minimum absolute atomic E-state index is 0.157. The molecule has 2 aromatic rings. The zero-order valence-corrected chi connectivity index (χ0v) is 17.3. The summed E-state index contributed by atoms with van der Waals surface area (Å²) in [6.45, 7) is 1.47. The van der Waals surface area contributed by atoms with Crippen molar-refractivity contribution < 1.29 is 26.4 Å². The molecule has 0 aromatic heterocycles. The summed E-state index contributed by atoms with van der Waals surface area (Å²) in [5, 5.41) is 2.93. The van der Waals surface area contributed by atoms with Crippen LogP contribution in [0.3, 0.4) is 0 Å². The van der Waals surface area contributed by atoms with Gasteiger partial charge in [-0.2, -0.15) is 13.2 Å². The first kappa shape index (κ1) is 23.0. The average molecular weight is 449 g/mol. The van der Waals surface area contributed by atoms with Gasteiger partial charge in [-0.05, 0) is 48.4 Å². The Morgan fingerprint density at radius 2 is 1.79 bits per heavy atom. The van der Waals surface area contributed by atoms with Gasteiger partial charge >= 0.3 is 6.18 Å². The maximum absolute atomic E-state index is 12.8. The third-order valence-corrected chi connectivity index (χ3v) is 5.56. The summed E-state index contributed by atoms with van der Waals surface area (Å²) in [6.07, 6.45) is -3.36. The van der Waals surface area contributed by atoms with E-state index < -0.39 is 33.7 Å². The van der Waals surface area contributed by atoms with Crippen LogP contribution in [0.2, 0.25) is 5.02 Å². The summed E-state index contributed by atoms with van der Waals surface area (Å²) in [6, 6.07) is 9.46. The van der Waals surface area contributed by atoms with Gasteiger partial charge in [0, 0.05) is 11.6 Å². The van der Waals surface area contributed by atoms with E-state index in [0.717, 1.165) is 22.7 Å². The van der Waals surface area contributed by atoms with Crippen molar-refractivity contribution in [2.75, 3.05) is 10.6 Å². The van der Waals surface area contributed by atoms with Crippen LogP contribution in [0.15, 0.2) is 48.5 Å². The second-order valence-electron chi connectivity index (χ2n) is 6.38. The number of nitrogens with zero attached hydrogens (tertiary/aromatic N) is 1. The Morgan fingerprint density at radius 1 is 1.17 bits per heavy atom. The molecule has 0 spiro atoms. The topological polar surface area (TPSA) is 66.5 Å². The van der Waals surface area contributed by atoms with E-state index in [1.807, 2.05) is 0 Å². The summed E-state index contributed by atoms with van der Waals surface area (Å²) in [4.78, 5) is 12.7. The fraction of sp³-hybridized carbons (Fsp3) is 0.316. The highest BCUT2D eigenvalue weighted by molar-refractivity contribution is 7.92. The van der Waals surface area contributed by atoms with Gasteiger partial charge in [-0.15, -0.1) is 0 Å². The standard InChI is InChI=1S/C19H20ClF3N2O3S/c1-3-17(25(29(2,27)28)16-9-7-15(20)8-10-16)18(26)24-12-13-5-4-6-14(11-13)19(21,22)23/h4-11,17H,3,12H2,1-2H3,(H,24,26)/t17-/m0/s1. The Kier molecular flexibility index (Phi) is 7.18. The van der Waals surface area contributed by atoms with Crippen molar-refractivity contribution in [3.63, 3.8) is 0 Å². The molecular formula is C19H20ClF3N2O3S. The number of benzene rings is 2. The van der Waals surface area contributed by atoms with Gasteiger partial charge in [-0.25, -0.2) is 8.42 Å². The second kappa shape index (κ2) is 9.04. The van der Waals surface area contributed by atoms with Crippen LogP contribution in [0.1, 0.15) is 24.5 Å². The number of rotatable bonds is 7. The maximum Gasteiger partial charge on any atom is 0.416 e. The van der Waals surface area contributed by atoms with E-state index >= 15 is 0 Å². The lowest BCUT2D eigenvalue weighted by molar-refractivity contribution is -0.137. The van der Waals surface area contributed by atoms with E-state index in [1.54, 1.807) is 6.92 Å². The molecule has 0 fully saturated rings. The van der Waals surface area contributed by atoms with Crippen LogP contribution in [0, 0.1) is 0 Å². The van der Waals surface area contributed by atoms with Gasteiger partial charge in [0.1, 0.15) is 6.04 Å². The van der Waals surface area contributed by atoms with Gasteiger partial charge in [0.25, 0.3) is 0 Å². The first-order chi connectivity index (χ1) is 13.4. The molecule has 0 aliphatic heterocycles. The molecule has 0 unspecified atom stereocenters. The van der Waals surface area contributed by atoms with Crippen LogP contribution in [0.4, 0.5) is 18.9 Å². The fourth-order valence-electron chi connectivity index (χ4n) is 2.81. The second-order valence-corrected chi connectivity index (χ2v) is 8.67. The monoisotopic (exact) mass is 448 g/mol. The van der Waals surface area contributed by atoms with E-state index in [9.17, 15) is 26.4 Å². The largest absolute Gasteiger partial charge is 0.416 e. The maximum atomic E-state index is 12.8. The predicted octanol–water partition coefficient (Wildman–Crippen LogP) is 4.22. The van der Waals surface area contributed by atoms with Crippen molar-refractivity contribution in [3.05, 3.63) is 64.7 Å². The molecule has 0 heterocycles. The van der Waals surface area contributed by atoms with Crippen molar-refractivity contribution in [1.29, 1.82) is 0 Å². The molecule has 1 amide bonds. The molecule has 158 valence electrons. The molecule has 0 saturated carbocycles. The number of anilines is 1. The van der Waals surface area contributed by atoms with Crippen LogP contribution >= 0.6 is 11.6 Å². The molecule has 2 aromatic carbocycles. The van der Waals surface area contributed by atoms with Gasteiger partial charge in [0.15, 0.2) is 0 Å². The molecular weight excluding hydrogens is 429 g/mol. The van der Waals surface area contributed by atoms with Crippen molar-refractivity contribution in [2.45, 2.75) is 32.1 Å². The molecule has 0 aliphatic carbocycles. The summed E-state index contributed by atoms with van der Waals surface area (Å²) >= 11 is 5.84. The third-order valence-electron chi connectivity index (χ3n) is 4.13. The Morgan fingerprint density at radius 3 is 2.31 bits per heavy atom. The Bertz CT molecular complexity index is 963. The van der Waals surface area contributed by atoms with Crippen LogP contribution in [0.5, 0.6) is 0 Å². The van der Waals surface area contributed by atoms with Gasteiger partial charge < -0.3 is 5.32 Å². The average Bonchev–Trinajstić information content (AvgIpc) is 2.63.